The predicted octanol–water partition coefficient (Wildman–Crippen LogP) is 3.52. The lowest BCUT2D eigenvalue weighted by Gasteiger charge is -2.20. The third-order valence-corrected chi connectivity index (χ3v) is 5.39. The van der Waals surface area contributed by atoms with Crippen LogP contribution in [0.5, 0.6) is 17.2 Å². The molecule has 31 heavy (non-hydrogen) atoms. The number of nitrogens with one attached hydrogen (secondary N) is 2. The number of aliphatic imine (C=N–C) groups is 1. The van der Waals surface area contributed by atoms with E-state index in [0.717, 1.165) is 54.8 Å². The molecule has 0 amide bonds. The Morgan fingerprint density at radius 2 is 1.84 bits per heavy atom. The molecule has 1 unspecified atom stereocenters. The summed E-state index contributed by atoms with van der Waals surface area (Å²) in [6.07, 6.45) is 1.15. The first kappa shape index (κ1) is 24.9. The summed E-state index contributed by atoms with van der Waals surface area (Å²) < 4.78 is 16.0. The first-order valence-electron chi connectivity index (χ1n) is 10.2. The molecule has 0 radical (unpaired) electrons. The van der Waals surface area contributed by atoms with Crippen LogP contribution >= 0.6 is 24.0 Å². The van der Waals surface area contributed by atoms with Gasteiger partial charge in [-0.2, -0.15) is 0 Å². The van der Waals surface area contributed by atoms with Crippen LogP contribution in [0.1, 0.15) is 12.0 Å². The quantitative estimate of drug-likeness (QED) is 0.304. The lowest BCUT2D eigenvalue weighted by molar-refractivity contribution is 0.354. The van der Waals surface area contributed by atoms with E-state index in [2.05, 4.69) is 32.7 Å². The summed E-state index contributed by atoms with van der Waals surface area (Å²) in [4.78, 5) is 6.76. The van der Waals surface area contributed by atoms with Gasteiger partial charge in [0, 0.05) is 45.0 Å². The number of anilines is 1. The second-order valence-corrected chi connectivity index (χ2v) is 7.30. The van der Waals surface area contributed by atoms with Crippen LogP contribution in [0.3, 0.4) is 0 Å². The summed E-state index contributed by atoms with van der Waals surface area (Å²) >= 11 is 0. The van der Waals surface area contributed by atoms with Gasteiger partial charge in [0.2, 0.25) is 0 Å². The summed E-state index contributed by atoms with van der Waals surface area (Å²) in [6.45, 7) is 3.61. The summed E-state index contributed by atoms with van der Waals surface area (Å²) in [7, 11) is 6.78. The van der Waals surface area contributed by atoms with Crippen LogP contribution < -0.4 is 29.7 Å². The molecule has 1 heterocycles. The van der Waals surface area contributed by atoms with E-state index in [1.807, 2.05) is 30.3 Å². The summed E-state index contributed by atoms with van der Waals surface area (Å²) in [6, 6.07) is 14.2. The molecular weight excluding hydrogens is 507 g/mol. The fraction of sp³-hybridized carbons (Fsp3) is 0.435. The SMILES string of the molecule is CN=C(NCc1ccc(OC)c(OC)c1)NCC1CCN(c2cccc(OC)c2)C1.I. The monoisotopic (exact) mass is 540 g/mol. The van der Waals surface area contributed by atoms with Crippen molar-refractivity contribution in [2.24, 2.45) is 10.9 Å². The van der Waals surface area contributed by atoms with Gasteiger partial charge in [-0.25, -0.2) is 0 Å². The molecule has 1 aliphatic rings. The van der Waals surface area contributed by atoms with Crippen molar-refractivity contribution in [1.82, 2.24) is 10.6 Å². The van der Waals surface area contributed by atoms with Gasteiger partial charge in [-0.1, -0.05) is 12.1 Å². The topological polar surface area (TPSA) is 67.4 Å². The van der Waals surface area contributed by atoms with Crippen molar-refractivity contribution >= 4 is 35.6 Å². The smallest absolute Gasteiger partial charge is 0.191 e. The largest absolute Gasteiger partial charge is 0.497 e. The van der Waals surface area contributed by atoms with Crippen molar-refractivity contribution in [3.05, 3.63) is 48.0 Å². The van der Waals surface area contributed by atoms with Gasteiger partial charge < -0.3 is 29.7 Å². The van der Waals surface area contributed by atoms with Crippen molar-refractivity contribution in [3.63, 3.8) is 0 Å². The Labute approximate surface area is 202 Å². The minimum absolute atomic E-state index is 0. The number of hydrogen-bond donors (Lipinski definition) is 2. The molecule has 0 bridgehead atoms. The average Bonchev–Trinajstić information content (AvgIpc) is 3.28. The first-order chi connectivity index (χ1) is 14.7. The van der Waals surface area contributed by atoms with Crippen LogP contribution in [0.15, 0.2) is 47.5 Å². The fourth-order valence-corrected chi connectivity index (χ4v) is 3.68. The number of guanidine groups is 1. The van der Waals surface area contributed by atoms with Crippen LogP contribution in [0, 0.1) is 5.92 Å². The van der Waals surface area contributed by atoms with E-state index in [1.165, 1.54) is 5.69 Å². The lowest BCUT2D eigenvalue weighted by atomic mass is 10.1. The number of methoxy groups -OCH3 is 3. The Hall–Kier alpha value is -2.36. The maximum absolute atomic E-state index is 5.37. The molecule has 1 atom stereocenters. The zero-order valence-electron chi connectivity index (χ0n) is 18.7. The van der Waals surface area contributed by atoms with E-state index in [-0.39, 0.29) is 24.0 Å². The van der Waals surface area contributed by atoms with Crippen LogP contribution in [0.25, 0.3) is 0 Å². The highest BCUT2D eigenvalue weighted by Crippen LogP contribution is 2.28. The highest BCUT2D eigenvalue weighted by atomic mass is 127. The molecular formula is C23H33IN4O3. The predicted molar refractivity (Wildman–Crippen MR) is 136 cm³/mol. The molecule has 8 heteroatoms. The Morgan fingerprint density at radius 1 is 1.03 bits per heavy atom. The minimum atomic E-state index is 0. The van der Waals surface area contributed by atoms with Crippen LogP contribution in [-0.2, 0) is 6.54 Å². The van der Waals surface area contributed by atoms with Gasteiger partial charge in [0.1, 0.15) is 5.75 Å². The molecule has 0 aromatic heterocycles. The third-order valence-electron chi connectivity index (χ3n) is 5.39. The van der Waals surface area contributed by atoms with E-state index < -0.39 is 0 Å². The molecule has 3 rings (SSSR count). The van der Waals surface area contributed by atoms with E-state index >= 15 is 0 Å². The van der Waals surface area contributed by atoms with Gasteiger partial charge in [-0.15, -0.1) is 24.0 Å². The zero-order chi connectivity index (χ0) is 21.3. The number of benzene rings is 2. The summed E-state index contributed by atoms with van der Waals surface area (Å²) in [5.41, 5.74) is 2.31. The second-order valence-electron chi connectivity index (χ2n) is 7.30. The molecule has 2 aromatic carbocycles. The van der Waals surface area contributed by atoms with E-state index in [0.29, 0.717) is 12.5 Å². The molecule has 1 fully saturated rings. The van der Waals surface area contributed by atoms with E-state index in [9.17, 15) is 0 Å². The number of halogens is 1. The Morgan fingerprint density at radius 3 is 2.55 bits per heavy atom. The zero-order valence-corrected chi connectivity index (χ0v) is 21.0. The van der Waals surface area contributed by atoms with Gasteiger partial charge in [0.25, 0.3) is 0 Å². The molecule has 0 aliphatic carbocycles. The van der Waals surface area contributed by atoms with Gasteiger partial charge in [-0.3, -0.25) is 4.99 Å². The third kappa shape index (κ3) is 6.81. The van der Waals surface area contributed by atoms with Gasteiger partial charge in [-0.05, 0) is 42.2 Å². The molecule has 170 valence electrons. The normalized spacial score (nSPS) is 15.8. The van der Waals surface area contributed by atoms with E-state index in [1.54, 1.807) is 28.4 Å². The van der Waals surface area contributed by atoms with Gasteiger partial charge in [0.05, 0.1) is 21.3 Å². The van der Waals surface area contributed by atoms with E-state index in [4.69, 9.17) is 14.2 Å². The van der Waals surface area contributed by atoms with Crippen molar-refractivity contribution in [2.45, 2.75) is 13.0 Å². The van der Waals surface area contributed by atoms with Crippen LogP contribution in [0.2, 0.25) is 0 Å². The summed E-state index contributed by atoms with van der Waals surface area (Å²) in [5, 5.41) is 6.83. The molecule has 0 spiro atoms. The average molecular weight is 540 g/mol. The van der Waals surface area contributed by atoms with Crippen LogP contribution in [-0.4, -0.2) is 54.0 Å². The van der Waals surface area contributed by atoms with Crippen molar-refractivity contribution in [2.75, 3.05) is 52.9 Å². The molecule has 0 saturated carbocycles. The fourth-order valence-electron chi connectivity index (χ4n) is 3.68. The Kier molecular flexibility index (Phi) is 10.0. The molecule has 2 aromatic rings. The first-order valence-corrected chi connectivity index (χ1v) is 10.2. The van der Waals surface area contributed by atoms with Gasteiger partial charge in [0.15, 0.2) is 17.5 Å². The lowest BCUT2D eigenvalue weighted by Crippen LogP contribution is -2.39. The summed E-state index contributed by atoms with van der Waals surface area (Å²) in [5.74, 6) is 3.71. The highest BCUT2D eigenvalue weighted by Gasteiger charge is 2.23. The van der Waals surface area contributed by atoms with Crippen molar-refractivity contribution in [3.8, 4) is 17.2 Å². The number of nitrogens with zero attached hydrogens (tertiary/aromatic N) is 2. The van der Waals surface area contributed by atoms with Crippen molar-refractivity contribution in [1.29, 1.82) is 0 Å². The van der Waals surface area contributed by atoms with Crippen molar-refractivity contribution < 1.29 is 14.2 Å². The molecule has 1 aliphatic heterocycles. The number of rotatable bonds is 8. The number of hydrogen-bond acceptors (Lipinski definition) is 5. The second kappa shape index (κ2) is 12.5. The standard InChI is InChI=1S/C23H32N4O3.HI/c1-24-23(25-14-17-8-9-21(29-3)22(12-17)30-4)26-15-18-10-11-27(16-18)19-6-5-7-20(13-19)28-2;/h5-9,12-13,18H,10-11,14-16H2,1-4H3,(H2,24,25,26);1H. The maximum atomic E-state index is 5.37. The Bertz CT molecular complexity index is 862. The Balaban J connectivity index is 0.00000341. The highest BCUT2D eigenvalue weighted by molar-refractivity contribution is 14.0. The minimum Gasteiger partial charge on any atom is -0.497 e. The number of ether oxygens (including phenoxy) is 3. The van der Waals surface area contributed by atoms with Crippen LogP contribution in [0.4, 0.5) is 5.69 Å². The molecule has 1 saturated heterocycles. The molecule has 7 nitrogen and oxygen atoms in total. The maximum Gasteiger partial charge on any atom is 0.191 e. The van der Waals surface area contributed by atoms with Gasteiger partial charge >= 0.3 is 0 Å². The molecule has 2 N–H and O–H groups in total.